The zero-order chi connectivity index (χ0) is 12.0. The van der Waals surface area contributed by atoms with E-state index in [1.54, 1.807) is 0 Å². The Bertz CT molecular complexity index is 182. The van der Waals surface area contributed by atoms with E-state index < -0.39 is 0 Å². The quantitative estimate of drug-likeness (QED) is 0.721. The van der Waals surface area contributed by atoms with E-state index in [0.29, 0.717) is 12.1 Å². The van der Waals surface area contributed by atoms with Crippen LogP contribution < -0.4 is 5.32 Å². The van der Waals surface area contributed by atoms with Crippen LogP contribution >= 0.6 is 0 Å². The Hall–Kier alpha value is -0.0800. The molecule has 1 rings (SSSR count). The molecule has 0 aliphatic carbocycles. The molecule has 96 valence electrons. The lowest BCUT2D eigenvalue weighted by molar-refractivity contribution is 0.0940. The molecule has 0 saturated carbocycles. The highest BCUT2D eigenvalue weighted by molar-refractivity contribution is 4.84. The molecule has 0 aromatic heterocycles. The third-order valence-electron chi connectivity index (χ3n) is 3.71. The van der Waals surface area contributed by atoms with E-state index >= 15 is 0 Å². The molecule has 1 saturated heterocycles. The predicted octanol–water partition coefficient (Wildman–Crippen LogP) is 3.22. The van der Waals surface area contributed by atoms with Gasteiger partial charge in [-0.25, -0.2) is 0 Å². The summed E-state index contributed by atoms with van der Waals surface area (Å²) < 4.78 is 5.68. The summed E-state index contributed by atoms with van der Waals surface area (Å²) in [4.78, 5) is 0. The molecule has 0 aromatic carbocycles. The first-order chi connectivity index (χ1) is 7.65. The second kappa shape index (κ2) is 7.29. The topological polar surface area (TPSA) is 21.3 Å². The van der Waals surface area contributed by atoms with E-state index in [1.165, 1.54) is 25.7 Å². The predicted molar refractivity (Wildman–Crippen MR) is 69.7 cm³/mol. The van der Waals surface area contributed by atoms with Crippen LogP contribution in [0, 0.1) is 11.8 Å². The van der Waals surface area contributed by atoms with Gasteiger partial charge in [-0.3, -0.25) is 0 Å². The Kier molecular flexibility index (Phi) is 6.37. The fourth-order valence-electron chi connectivity index (χ4n) is 2.75. The van der Waals surface area contributed by atoms with Crippen LogP contribution in [0.5, 0.6) is 0 Å². The van der Waals surface area contributed by atoms with Crippen LogP contribution in [0.1, 0.15) is 53.4 Å². The lowest BCUT2D eigenvalue weighted by Crippen LogP contribution is -2.39. The van der Waals surface area contributed by atoms with Crippen molar-refractivity contribution in [2.24, 2.45) is 11.8 Å². The van der Waals surface area contributed by atoms with Crippen LogP contribution in [-0.2, 0) is 4.74 Å². The molecule has 1 aliphatic rings. The second-order valence-corrected chi connectivity index (χ2v) is 5.52. The summed E-state index contributed by atoms with van der Waals surface area (Å²) >= 11 is 0. The minimum Gasteiger partial charge on any atom is -0.378 e. The van der Waals surface area contributed by atoms with Gasteiger partial charge in [-0.15, -0.1) is 0 Å². The molecule has 1 N–H and O–H groups in total. The SMILES string of the molecule is CCNC(CCCC(C)C)C1CCOC1C. The molecule has 3 atom stereocenters. The third kappa shape index (κ3) is 4.42. The average molecular weight is 227 g/mol. The molecule has 0 spiro atoms. The molecule has 16 heavy (non-hydrogen) atoms. The molecule has 1 fully saturated rings. The standard InChI is InChI=1S/C14H29NO/c1-5-15-14(8-6-7-11(2)3)13-9-10-16-12(13)4/h11-15H,5-10H2,1-4H3. The first-order valence-electron chi connectivity index (χ1n) is 7.00. The van der Waals surface area contributed by atoms with E-state index in [0.717, 1.165) is 25.0 Å². The summed E-state index contributed by atoms with van der Waals surface area (Å²) in [6.45, 7) is 11.1. The summed E-state index contributed by atoms with van der Waals surface area (Å²) in [5.74, 6) is 1.56. The van der Waals surface area contributed by atoms with Crippen LogP contribution in [0.25, 0.3) is 0 Å². The van der Waals surface area contributed by atoms with Crippen molar-refractivity contribution in [3.05, 3.63) is 0 Å². The summed E-state index contributed by atoms with van der Waals surface area (Å²) in [6.07, 6.45) is 5.69. The zero-order valence-electron chi connectivity index (χ0n) is 11.5. The van der Waals surface area contributed by atoms with E-state index in [-0.39, 0.29) is 0 Å². The van der Waals surface area contributed by atoms with Crippen molar-refractivity contribution >= 4 is 0 Å². The Morgan fingerprint density at radius 2 is 2.06 bits per heavy atom. The number of ether oxygens (including phenoxy) is 1. The fraction of sp³-hybridized carbons (Fsp3) is 1.00. The Morgan fingerprint density at radius 1 is 1.31 bits per heavy atom. The highest BCUT2D eigenvalue weighted by Gasteiger charge is 2.30. The summed E-state index contributed by atoms with van der Waals surface area (Å²) in [7, 11) is 0. The molecule has 0 bridgehead atoms. The van der Waals surface area contributed by atoms with Crippen molar-refractivity contribution in [1.82, 2.24) is 5.32 Å². The van der Waals surface area contributed by atoms with Crippen molar-refractivity contribution in [2.45, 2.75) is 65.5 Å². The van der Waals surface area contributed by atoms with Crippen molar-refractivity contribution in [3.63, 3.8) is 0 Å². The third-order valence-corrected chi connectivity index (χ3v) is 3.71. The lowest BCUT2D eigenvalue weighted by atomic mass is 9.89. The molecule has 2 nitrogen and oxygen atoms in total. The zero-order valence-corrected chi connectivity index (χ0v) is 11.5. The van der Waals surface area contributed by atoms with Gasteiger partial charge in [-0.2, -0.15) is 0 Å². The molecule has 1 heterocycles. The molecule has 3 unspecified atom stereocenters. The van der Waals surface area contributed by atoms with Crippen molar-refractivity contribution in [3.8, 4) is 0 Å². The molecular formula is C14H29NO. The maximum Gasteiger partial charge on any atom is 0.0590 e. The molecule has 0 amide bonds. The smallest absolute Gasteiger partial charge is 0.0590 e. The highest BCUT2D eigenvalue weighted by Crippen LogP contribution is 2.26. The maximum atomic E-state index is 5.68. The lowest BCUT2D eigenvalue weighted by Gasteiger charge is -2.26. The molecule has 2 heteroatoms. The van der Waals surface area contributed by atoms with Crippen LogP contribution in [0.2, 0.25) is 0 Å². The first-order valence-corrected chi connectivity index (χ1v) is 7.00. The number of hydrogen-bond acceptors (Lipinski definition) is 2. The maximum absolute atomic E-state index is 5.68. The van der Waals surface area contributed by atoms with Gasteiger partial charge in [0.15, 0.2) is 0 Å². The van der Waals surface area contributed by atoms with Gasteiger partial charge in [-0.05, 0) is 32.2 Å². The van der Waals surface area contributed by atoms with E-state index in [4.69, 9.17) is 4.74 Å². The van der Waals surface area contributed by atoms with Crippen molar-refractivity contribution < 1.29 is 4.74 Å². The van der Waals surface area contributed by atoms with Crippen LogP contribution in [0.15, 0.2) is 0 Å². The van der Waals surface area contributed by atoms with Gasteiger partial charge in [0.2, 0.25) is 0 Å². The van der Waals surface area contributed by atoms with Gasteiger partial charge in [0.25, 0.3) is 0 Å². The molecule has 0 aromatic rings. The number of hydrogen-bond donors (Lipinski definition) is 1. The summed E-state index contributed by atoms with van der Waals surface area (Å²) in [5, 5.41) is 3.65. The minimum absolute atomic E-state index is 0.447. The molecule has 1 aliphatic heterocycles. The van der Waals surface area contributed by atoms with Gasteiger partial charge < -0.3 is 10.1 Å². The van der Waals surface area contributed by atoms with Crippen LogP contribution in [0.3, 0.4) is 0 Å². The highest BCUT2D eigenvalue weighted by atomic mass is 16.5. The monoisotopic (exact) mass is 227 g/mol. The molecule has 0 radical (unpaired) electrons. The van der Waals surface area contributed by atoms with Gasteiger partial charge >= 0.3 is 0 Å². The van der Waals surface area contributed by atoms with Crippen molar-refractivity contribution in [1.29, 1.82) is 0 Å². The van der Waals surface area contributed by atoms with Crippen LogP contribution in [-0.4, -0.2) is 25.3 Å². The van der Waals surface area contributed by atoms with Gasteiger partial charge in [-0.1, -0.05) is 33.6 Å². The van der Waals surface area contributed by atoms with E-state index in [2.05, 4.69) is 33.0 Å². The normalized spacial score (nSPS) is 27.6. The fourth-order valence-corrected chi connectivity index (χ4v) is 2.75. The van der Waals surface area contributed by atoms with Crippen LogP contribution in [0.4, 0.5) is 0 Å². The summed E-state index contributed by atoms with van der Waals surface area (Å²) in [6, 6.07) is 0.668. The molecular weight excluding hydrogens is 198 g/mol. The van der Waals surface area contributed by atoms with Gasteiger partial charge in [0.05, 0.1) is 6.10 Å². The Labute approximate surface area is 101 Å². The average Bonchev–Trinajstić information content (AvgIpc) is 2.63. The first kappa shape index (κ1) is 14.0. The van der Waals surface area contributed by atoms with Gasteiger partial charge in [0, 0.05) is 18.6 Å². The van der Waals surface area contributed by atoms with Gasteiger partial charge in [0.1, 0.15) is 0 Å². The Balaban J connectivity index is 2.34. The minimum atomic E-state index is 0.447. The van der Waals surface area contributed by atoms with E-state index in [1.807, 2.05) is 0 Å². The van der Waals surface area contributed by atoms with Crippen molar-refractivity contribution in [2.75, 3.05) is 13.2 Å². The number of rotatable bonds is 7. The summed E-state index contributed by atoms with van der Waals surface area (Å²) in [5.41, 5.74) is 0. The number of nitrogens with one attached hydrogen (secondary N) is 1. The Morgan fingerprint density at radius 3 is 2.56 bits per heavy atom. The second-order valence-electron chi connectivity index (χ2n) is 5.52. The largest absolute Gasteiger partial charge is 0.378 e. The van der Waals surface area contributed by atoms with E-state index in [9.17, 15) is 0 Å².